The van der Waals surface area contributed by atoms with Crippen molar-refractivity contribution in [3.63, 3.8) is 0 Å². The summed E-state index contributed by atoms with van der Waals surface area (Å²) in [6.45, 7) is 2.96. The lowest BCUT2D eigenvalue weighted by Gasteiger charge is -2.05. The molecule has 1 aliphatic rings. The van der Waals surface area contributed by atoms with Crippen LogP contribution in [-0.2, 0) is 14.3 Å². The Bertz CT molecular complexity index is 612. The summed E-state index contributed by atoms with van der Waals surface area (Å²) in [7, 11) is 0. The predicted molar refractivity (Wildman–Crippen MR) is 98.0 cm³/mol. The molecule has 0 saturated heterocycles. The van der Waals surface area contributed by atoms with Gasteiger partial charge in [0.05, 0.1) is 18.9 Å². The fourth-order valence-electron chi connectivity index (χ4n) is 1.76. The number of rotatable bonds is 6. The largest absolute Gasteiger partial charge is 0.463 e. The van der Waals surface area contributed by atoms with Crippen molar-refractivity contribution in [1.29, 1.82) is 0 Å². The van der Waals surface area contributed by atoms with Crippen LogP contribution in [0.5, 0.6) is 0 Å². The van der Waals surface area contributed by atoms with Crippen LogP contribution in [0.3, 0.4) is 0 Å². The number of benzene rings is 1. The average Bonchev–Trinajstić information content (AvgIpc) is 3.06. The maximum Gasteiger partial charge on any atom is 0.330 e. The third kappa shape index (κ3) is 6.50. The number of amides is 1. The van der Waals surface area contributed by atoms with Crippen molar-refractivity contribution in [2.24, 2.45) is 4.99 Å². The van der Waals surface area contributed by atoms with Gasteiger partial charge in [0.2, 0.25) is 5.91 Å². The van der Waals surface area contributed by atoms with Crippen LogP contribution in [0.2, 0.25) is 0 Å². The highest BCUT2D eigenvalue weighted by Crippen LogP contribution is 2.22. The van der Waals surface area contributed by atoms with Gasteiger partial charge in [-0.05, 0) is 30.7 Å². The normalized spacial score (nSPS) is 13.9. The number of carbonyl (C=O) groups excluding carboxylic acids is 2. The highest BCUT2D eigenvalue weighted by molar-refractivity contribution is 8.39. The first-order chi connectivity index (χ1) is 11.2. The Morgan fingerprint density at radius 2 is 2.17 bits per heavy atom. The fraction of sp³-hybridized carbons (Fsp3) is 0.312. The second-order valence-corrected chi connectivity index (χ2v) is 6.85. The van der Waals surface area contributed by atoms with E-state index in [1.165, 1.54) is 17.8 Å². The number of hydrogen-bond acceptors (Lipinski definition) is 6. The first kappa shape index (κ1) is 17.6. The van der Waals surface area contributed by atoms with Crippen LogP contribution in [0.25, 0.3) is 6.08 Å². The minimum Gasteiger partial charge on any atom is -0.463 e. The second-order valence-electron chi connectivity index (χ2n) is 4.54. The molecule has 7 heteroatoms. The molecular formula is C16H18N2O3S2. The van der Waals surface area contributed by atoms with Gasteiger partial charge in [-0.1, -0.05) is 35.7 Å². The summed E-state index contributed by atoms with van der Waals surface area (Å²) in [4.78, 5) is 27.4. The van der Waals surface area contributed by atoms with Gasteiger partial charge in [0.25, 0.3) is 0 Å². The van der Waals surface area contributed by atoms with Gasteiger partial charge in [-0.3, -0.25) is 9.79 Å². The van der Waals surface area contributed by atoms with E-state index >= 15 is 0 Å². The number of anilines is 1. The van der Waals surface area contributed by atoms with Crippen LogP contribution in [0, 0.1) is 0 Å². The molecule has 1 amide bonds. The molecule has 0 atom stereocenters. The molecule has 1 N–H and O–H groups in total. The third-order valence-electron chi connectivity index (χ3n) is 2.78. The number of thioether (sulfide) groups is 2. The summed E-state index contributed by atoms with van der Waals surface area (Å²) < 4.78 is 5.80. The van der Waals surface area contributed by atoms with E-state index in [9.17, 15) is 9.59 Å². The van der Waals surface area contributed by atoms with Gasteiger partial charge in [-0.15, -0.1) is 0 Å². The van der Waals surface area contributed by atoms with Crippen molar-refractivity contribution in [2.75, 3.05) is 30.0 Å². The lowest BCUT2D eigenvalue weighted by atomic mass is 10.2. The van der Waals surface area contributed by atoms with E-state index < -0.39 is 0 Å². The van der Waals surface area contributed by atoms with Gasteiger partial charge >= 0.3 is 5.97 Å². The van der Waals surface area contributed by atoms with Crippen LogP contribution < -0.4 is 5.32 Å². The van der Waals surface area contributed by atoms with E-state index in [0.29, 0.717) is 12.4 Å². The monoisotopic (exact) mass is 350 g/mol. The molecule has 5 nitrogen and oxygen atoms in total. The van der Waals surface area contributed by atoms with Crippen molar-refractivity contribution in [3.8, 4) is 0 Å². The maximum absolute atomic E-state index is 11.9. The van der Waals surface area contributed by atoms with Crippen LogP contribution in [0.1, 0.15) is 12.5 Å². The summed E-state index contributed by atoms with van der Waals surface area (Å²) in [5.74, 6) is 0.941. The molecule has 0 saturated carbocycles. The van der Waals surface area contributed by atoms with Gasteiger partial charge in [0, 0.05) is 17.5 Å². The summed E-state index contributed by atoms with van der Waals surface area (Å²) in [6.07, 6.45) is 3.06. The van der Waals surface area contributed by atoms with Crippen molar-refractivity contribution in [1.82, 2.24) is 0 Å². The van der Waals surface area contributed by atoms with Gasteiger partial charge in [-0.25, -0.2) is 4.79 Å². The van der Waals surface area contributed by atoms with Gasteiger partial charge < -0.3 is 10.1 Å². The van der Waals surface area contributed by atoms with Crippen LogP contribution in [0.4, 0.5) is 5.69 Å². The highest BCUT2D eigenvalue weighted by atomic mass is 32.2. The smallest absolute Gasteiger partial charge is 0.330 e. The molecule has 1 heterocycles. The molecule has 23 heavy (non-hydrogen) atoms. The maximum atomic E-state index is 11.9. The Hall–Kier alpha value is -1.73. The minimum absolute atomic E-state index is 0.0555. The van der Waals surface area contributed by atoms with E-state index in [4.69, 9.17) is 4.74 Å². The fourth-order valence-corrected chi connectivity index (χ4v) is 3.57. The molecule has 122 valence electrons. The Morgan fingerprint density at radius 3 is 2.83 bits per heavy atom. The van der Waals surface area contributed by atoms with Gasteiger partial charge in [0.15, 0.2) is 0 Å². The standard InChI is InChI=1S/C16H18N2O3S2/c1-2-21-15(20)8-5-12-3-6-13(7-4-12)18-14(19)11-23-16-17-9-10-22-16/h3-8H,2,9-11H2,1H3,(H,18,19)/b8-5+. The topological polar surface area (TPSA) is 67.8 Å². The van der Waals surface area contributed by atoms with E-state index in [0.717, 1.165) is 27.9 Å². The van der Waals surface area contributed by atoms with Gasteiger partial charge in [-0.2, -0.15) is 0 Å². The number of carbonyl (C=O) groups is 2. The lowest BCUT2D eigenvalue weighted by Crippen LogP contribution is -2.14. The molecule has 2 rings (SSSR count). The molecular weight excluding hydrogens is 332 g/mol. The van der Waals surface area contributed by atoms with Crippen molar-refractivity contribution < 1.29 is 14.3 Å². The Labute approximate surface area is 144 Å². The highest BCUT2D eigenvalue weighted by Gasteiger charge is 2.10. The van der Waals surface area contributed by atoms with Crippen molar-refractivity contribution in [2.45, 2.75) is 6.92 Å². The van der Waals surface area contributed by atoms with E-state index in [-0.39, 0.29) is 11.9 Å². The molecule has 0 radical (unpaired) electrons. The zero-order valence-electron chi connectivity index (χ0n) is 12.8. The van der Waals surface area contributed by atoms with Crippen molar-refractivity contribution >= 4 is 51.5 Å². The molecule has 0 bridgehead atoms. The molecule has 1 aromatic carbocycles. The number of ether oxygens (including phenoxy) is 1. The van der Waals surface area contributed by atoms with Crippen LogP contribution in [-0.4, -0.2) is 40.9 Å². The molecule has 0 aromatic heterocycles. The Balaban J connectivity index is 1.79. The molecule has 0 spiro atoms. The van der Waals surface area contributed by atoms with E-state index in [1.54, 1.807) is 36.9 Å². The van der Waals surface area contributed by atoms with E-state index in [2.05, 4.69) is 10.3 Å². The first-order valence-corrected chi connectivity index (χ1v) is 9.19. The third-order valence-corrected chi connectivity index (χ3v) is 5.03. The quantitative estimate of drug-likeness (QED) is 0.631. The van der Waals surface area contributed by atoms with Crippen LogP contribution in [0.15, 0.2) is 35.3 Å². The zero-order chi connectivity index (χ0) is 16.5. The first-order valence-electron chi connectivity index (χ1n) is 7.22. The average molecular weight is 350 g/mol. The predicted octanol–water partition coefficient (Wildman–Crippen LogP) is 3.04. The number of nitrogens with one attached hydrogen (secondary N) is 1. The molecule has 0 aliphatic carbocycles. The van der Waals surface area contributed by atoms with Crippen LogP contribution >= 0.6 is 23.5 Å². The summed E-state index contributed by atoms with van der Waals surface area (Å²) in [6, 6.07) is 7.26. The zero-order valence-corrected chi connectivity index (χ0v) is 14.4. The number of hydrogen-bond donors (Lipinski definition) is 1. The van der Waals surface area contributed by atoms with Gasteiger partial charge in [0.1, 0.15) is 4.38 Å². The molecule has 0 fully saturated rings. The Morgan fingerprint density at radius 1 is 1.39 bits per heavy atom. The summed E-state index contributed by atoms with van der Waals surface area (Å²) in [5.41, 5.74) is 1.59. The van der Waals surface area contributed by atoms with E-state index in [1.807, 2.05) is 12.1 Å². The lowest BCUT2D eigenvalue weighted by molar-refractivity contribution is -0.137. The summed E-state index contributed by atoms with van der Waals surface area (Å²) >= 11 is 3.16. The molecule has 1 aliphatic heterocycles. The number of aliphatic imine (C=N–C) groups is 1. The second kappa shape index (κ2) is 9.42. The summed E-state index contributed by atoms with van der Waals surface area (Å²) in [5, 5.41) is 2.84. The number of nitrogens with zero attached hydrogens (tertiary/aromatic N) is 1. The molecule has 1 aromatic rings. The SMILES string of the molecule is CCOC(=O)/C=C/c1ccc(NC(=O)CSC2=NCCS2)cc1. The van der Waals surface area contributed by atoms with Crippen molar-refractivity contribution in [3.05, 3.63) is 35.9 Å². The minimum atomic E-state index is -0.366. The number of esters is 1. The Kier molecular flexibility index (Phi) is 7.22. The molecule has 0 unspecified atom stereocenters.